The SMILES string of the molecule is COC(=O)c1c(SC(F)(F)F)ccc(C#N)c1C(F)(F)F. The summed E-state index contributed by atoms with van der Waals surface area (Å²) in [6, 6.07) is 2.39. The summed E-state index contributed by atoms with van der Waals surface area (Å²) < 4.78 is 80.1. The third-order valence-corrected chi connectivity index (χ3v) is 2.98. The van der Waals surface area contributed by atoms with Crippen LogP contribution in [-0.2, 0) is 10.9 Å². The maximum atomic E-state index is 13.0. The van der Waals surface area contributed by atoms with Crippen molar-refractivity contribution in [3.63, 3.8) is 0 Å². The molecule has 114 valence electrons. The Hall–Kier alpha value is -1.89. The summed E-state index contributed by atoms with van der Waals surface area (Å²) in [6.07, 6.45) is -5.18. The van der Waals surface area contributed by atoms with Gasteiger partial charge in [0.2, 0.25) is 0 Å². The van der Waals surface area contributed by atoms with Gasteiger partial charge in [-0.15, -0.1) is 0 Å². The molecule has 10 heteroatoms. The highest BCUT2D eigenvalue weighted by atomic mass is 32.2. The zero-order valence-corrected chi connectivity index (χ0v) is 10.9. The Morgan fingerprint density at radius 1 is 1.24 bits per heavy atom. The van der Waals surface area contributed by atoms with Gasteiger partial charge in [-0.3, -0.25) is 0 Å². The average molecular weight is 329 g/mol. The number of rotatable bonds is 2. The average Bonchev–Trinajstić information content (AvgIpc) is 2.34. The Bertz CT molecular complexity index is 602. The predicted molar refractivity (Wildman–Crippen MR) is 59.4 cm³/mol. The van der Waals surface area contributed by atoms with Gasteiger partial charge in [0.1, 0.15) is 0 Å². The highest BCUT2D eigenvalue weighted by Crippen LogP contribution is 2.44. The van der Waals surface area contributed by atoms with E-state index in [1.54, 1.807) is 0 Å². The normalized spacial score (nSPS) is 11.9. The Morgan fingerprint density at radius 3 is 2.19 bits per heavy atom. The van der Waals surface area contributed by atoms with Gasteiger partial charge < -0.3 is 4.74 Å². The van der Waals surface area contributed by atoms with Crippen molar-refractivity contribution in [3.05, 3.63) is 28.8 Å². The number of halogens is 6. The van der Waals surface area contributed by atoms with E-state index in [-0.39, 0.29) is 0 Å². The van der Waals surface area contributed by atoms with Crippen LogP contribution in [0.3, 0.4) is 0 Å². The minimum Gasteiger partial charge on any atom is -0.465 e. The molecule has 1 aromatic carbocycles. The van der Waals surface area contributed by atoms with E-state index in [1.165, 1.54) is 6.07 Å². The third-order valence-electron chi connectivity index (χ3n) is 2.19. The first kappa shape index (κ1) is 17.2. The van der Waals surface area contributed by atoms with E-state index in [1.807, 2.05) is 0 Å². The molecule has 0 bridgehead atoms. The molecule has 0 heterocycles. The number of thioether (sulfide) groups is 1. The summed E-state index contributed by atoms with van der Waals surface area (Å²) in [4.78, 5) is 10.5. The summed E-state index contributed by atoms with van der Waals surface area (Å²) in [7, 11) is 0.726. The van der Waals surface area contributed by atoms with Crippen LogP contribution in [0.4, 0.5) is 26.3 Å². The highest BCUT2D eigenvalue weighted by Gasteiger charge is 2.42. The number of nitrogens with zero attached hydrogens (tertiary/aromatic N) is 1. The molecule has 0 aromatic heterocycles. The van der Waals surface area contributed by atoms with Crippen LogP contribution in [0.25, 0.3) is 0 Å². The van der Waals surface area contributed by atoms with Crippen molar-refractivity contribution in [2.45, 2.75) is 16.6 Å². The van der Waals surface area contributed by atoms with Crippen LogP contribution in [0.2, 0.25) is 0 Å². The molecule has 0 N–H and O–H groups in total. The maximum Gasteiger partial charge on any atom is 0.446 e. The summed E-state index contributed by atoms with van der Waals surface area (Å²) in [5.41, 5.74) is -8.94. The molecule has 0 saturated heterocycles. The quantitative estimate of drug-likeness (QED) is 0.468. The minimum absolute atomic E-state index is 0.573. The molecule has 3 nitrogen and oxygen atoms in total. The molecule has 0 spiro atoms. The lowest BCUT2D eigenvalue weighted by molar-refractivity contribution is -0.138. The molecule has 21 heavy (non-hydrogen) atoms. The van der Waals surface area contributed by atoms with Gasteiger partial charge in [-0.05, 0) is 23.9 Å². The second-order valence-corrected chi connectivity index (χ2v) is 4.62. The number of ether oxygens (including phenoxy) is 1. The van der Waals surface area contributed by atoms with Crippen molar-refractivity contribution in [1.29, 1.82) is 5.26 Å². The Kier molecular flexibility index (Phi) is 4.78. The number of methoxy groups -OCH3 is 1. The lowest BCUT2D eigenvalue weighted by atomic mass is 10.0. The van der Waals surface area contributed by atoms with E-state index in [0.717, 1.165) is 7.11 Å². The van der Waals surface area contributed by atoms with Crippen LogP contribution in [0.15, 0.2) is 17.0 Å². The van der Waals surface area contributed by atoms with Gasteiger partial charge in [-0.1, -0.05) is 0 Å². The molecule has 0 fully saturated rings. The fourth-order valence-electron chi connectivity index (χ4n) is 1.49. The van der Waals surface area contributed by atoms with Crippen LogP contribution in [-0.4, -0.2) is 18.6 Å². The van der Waals surface area contributed by atoms with Crippen molar-refractivity contribution in [1.82, 2.24) is 0 Å². The van der Waals surface area contributed by atoms with Gasteiger partial charge >= 0.3 is 17.7 Å². The van der Waals surface area contributed by atoms with Gasteiger partial charge in [0, 0.05) is 4.90 Å². The highest BCUT2D eigenvalue weighted by molar-refractivity contribution is 8.00. The van der Waals surface area contributed by atoms with Crippen molar-refractivity contribution in [2.75, 3.05) is 7.11 Å². The number of esters is 1. The zero-order valence-electron chi connectivity index (χ0n) is 10.1. The summed E-state index contributed by atoms with van der Waals surface area (Å²) in [6.45, 7) is 0. The molecule has 0 atom stereocenters. The summed E-state index contributed by atoms with van der Waals surface area (Å²) in [5, 5.41) is 8.65. The molecule has 1 aromatic rings. The smallest absolute Gasteiger partial charge is 0.446 e. The number of nitriles is 1. The molecular weight excluding hydrogens is 324 g/mol. The van der Waals surface area contributed by atoms with Gasteiger partial charge in [-0.25, -0.2) is 4.79 Å². The van der Waals surface area contributed by atoms with Crippen molar-refractivity contribution >= 4 is 17.7 Å². The van der Waals surface area contributed by atoms with Crippen LogP contribution in [0.1, 0.15) is 21.5 Å². The lowest BCUT2D eigenvalue weighted by Crippen LogP contribution is -2.18. The molecule has 0 aliphatic carbocycles. The van der Waals surface area contributed by atoms with E-state index in [4.69, 9.17) is 5.26 Å². The van der Waals surface area contributed by atoms with Gasteiger partial charge in [0.25, 0.3) is 0 Å². The van der Waals surface area contributed by atoms with E-state index < -0.39 is 51.0 Å². The standard InChI is InChI=1S/C11H5F6NO2S/c1-20-9(19)7-6(21-11(15,16)17)3-2-5(4-18)8(7)10(12,13)14/h2-3H,1H3. The Balaban J connectivity index is 3.70. The molecular formula is C11H5F6NO2S. The van der Waals surface area contributed by atoms with Crippen molar-refractivity contribution in [3.8, 4) is 6.07 Å². The van der Waals surface area contributed by atoms with Crippen LogP contribution in [0.5, 0.6) is 0 Å². The van der Waals surface area contributed by atoms with Gasteiger partial charge in [0.15, 0.2) is 0 Å². The second-order valence-electron chi connectivity index (χ2n) is 3.51. The summed E-state index contributed by atoms with van der Waals surface area (Å²) in [5.74, 6) is -1.61. The van der Waals surface area contributed by atoms with E-state index in [0.29, 0.717) is 12.1 Å². The fourth-order valence-corrected chi connectivity index (χ4v) is 2.16. The number of hydrogen-bond donors (Lipinski definition) is 0. The van der Waals surface area contributed by atoms with Crippen LogP contribution in [0, 0.1) is 11.3 Å². The van der Waals surface area contributed by atoms with Gasteiger partial charge in [0.05, 0.1) is 29.9 Å². The predicted octanol–water partition coefficient (Wildman–Crippen LogP) is 3.98. The summed E-state index contributed by atoms with van der Waals surface area (Å²) >= 11 is -0.890. The van der Waals surface area contributed by atoms with Crippen molar-refractivity contribution < 1.29 is 35.9 Å². The topological polar surface area (TPSA) is 50.1 Å². The van der Waals surface area contributed by atoms with E-state index >= 15 is 0 Å². The monoisotopic (exact) mass is 329 g/mol. The maximum absolute atomic E-state index is 13.0. The van der Waals surface area contributed by atoms with E-state index in [9.17, 15) is 31.1 Å². The molecule has 0 aliphatic heterocycles. The number of alkyl halides is 6. The largest absolute Gasteiger partial charge is 0.465 e. The Morgan fingerprint density at radius 2 is 1.81 bits per heavy atom. The first-order chi connectivity index (χ1) is 9.51. The first-order valence-electron chi connectivity index (χ1n) is 4.99. The number of hydrogen-bond acceptors (Lipinski definition) is 4. The second kappa shape index (κ2) is 5.85. The van der Waals surface area contributed by atoms with Crippen LogP contribution >= 0.6 is 11.8 Å². The minimum atomic E-state index is -5.18. The van der Waals surface area contributed by atoms with Crippen LogP contribution < -0.4 is 0 Å². The zero-order chi connectivity index (χ0) is 16.4. The fraction of sp³-hybridized carbons (Fsp3) is 0.273. The molecule has 0 amide bonds. The van der Waals surface area contributed by atoms with Gasteiger partial charge in [-0.2, -0.15) is 31.6 Å². The number of carbonyl (C=O) groups excluding carboxylic acids is 1. The molecule has 0 saturated carbocycles. The van der Waals surface area contributed by atoms with Crippen molar-refractivity contribution in [2.24, 2.45) is 0 Å². The molecule has 1 rings (SSSR count). The Labute approximate surface area is 118 Å². The lowest BCUT2D eigenvalue weighted by Gasteiger charge is -2.17. The molecule has 0 unspecified atom stereocenters. The number of benzene rings is 1. The number of carbonyl (C=O) groups is 1. The first-order valence-corrected chi connectivity index (χ1v) is 5.81. The molecule has 0 radical (unpaired) electrons. The molecule has 0 aliphatic rings. The van der Waals surface area contributed by atoms with E-state index in [2.05, 4.69) is 4.74 Å². The third kappa shape index (κ3) is 4.04.